The second-order valence-electron chi connectivity index (χ2n) is 16.9. The molecule has 322 valence electrons. The molecule has 0 spiro atoms. The molecule has 0 radical (unpaired) electrons. The lowest BCUT2D eigenvalue weighted by Gasteiger charge is -2.16. The number of unbranched alkanes of at least 4 members (excludes halogenated alkanes) is 37. The van der Waals surface area contributed by atoms with Gasteiger partial charge in [0, 0.05) is 13.0 Å². The molecule has 0 aromatic rings. The average molecular weight is 763 g/mol. The van der Waals surface area contributed by atoms with E-state index in [2.05, 4.69) is 26.0 Å². The molecule has 0 saturated carbocycles. The number of carbonyl (C=O) groups is 1. The van der Waals surface area contributed by atoms with Gasteiger partial charge in [-0.3, -0.25) is 4.79 Å². The van der Waals surface area contributed by atoms with Crippen LogP contribution in [0.5, 0.6) is 0 Å². The zero-order valence-electron chi connectivity index (χ0n) is 37.0. The highest BCUT2D eigenvalue weighted by Gasteiger charge is 2.13. The minimum absolute atomic E-state index is 0.165. The van der Waals surface area contributed by atoms with E-state index in [1.807, 2.05) is 0 Å². The minimum Gasteiger partial charge on any atom is -0.457 e. The fourth-order valence-electron chi connectivity index (χ4n) is 7.62. The summed E-state index contributed by atoms with van der Waals surface area (Å²) in [5.41, 5.74) is 0. The van der Waals surface area contributed by atoms with Gasteiger partial charge < -0.3 is 14.6 Å². The van der Waals surface area contributed by atoms with Crippen molar-refractivity contribution in [1.82, 2.24) is 0 Å². The second kappa shape index (κ2) is 48.3. The van der Waals surface area contributed by atoms with Crippen LogP contribution >= 0.6 is 0 Å². The van der Waals surface area contributed by atoms with Crippen LogP contribution in [0.3, 0.4) is 0 Å². The van der Waals surface area contributed by atoms with Gasteiger partial charge in [0.15, 0.2) is 0 Å². The molecule has 1 atom stereocenters. The summed E-state index contributed by atoms with van der Waals surface area (Å²) in [7, 11) is 0. The summed E-state index contributed by atoms with van der Waals surface area (Å²) >= 11 is 0. The number of aliphatic hydroxyl groups is 1. The van der Waals surface area contributed by atoms with Crippen LogP contribution in [0.1, 0.15) is 277 Å². The van der Waals surface area contributed by atoms with Crippen molar-refractivity contribution in [2.24, 2.45) is 0 Å². The number of rotatable bonds is 47. The zero-order valence-corrected chi connectivity index (χ0v) is 37.0. The van der Waals surface area contributed by atoms with E-state index < -0.39 is 6.10 Å². The largest absolute Gasteiger partial charge is 0.457 e. The highest BCUT2D eigenvalue weighted by Crippen LogP contribution is 2.16. The predicted octanol–water partition coefficient (Wildman–Crippen LogP) is 16.5. The molecule has 4 nitrogen and oxygen atoms in total. The van der Waals surface area contributed by atoms with Gasteiger partial charge in [0.05, 0.1) is 13.2 Å². The second-order valence-corrected chi connectivity index (χ2v) is 16.9. The molecule has 0 fully saturated rings. The SMILES string of the molecule is CCCCCCCCCC/C=C\CCCCCCCCCCCCCC(=O)OC(CO)COCCCCCCCCCCCCCCCCCCCCC. The number of aliphatic hydroxyl groups excluding tert-OH is 1. The maximum Gasteiger partial charge on any atom is 0.306 e. The van der Waals surface area contributed by atoms with Crippen molar-refractivity contribution in [2.45, 2.75) is 283 Å². The molecule has 0 heterocycles. The van der Waals surface area contributed by atoms with Gasteiger partial charge in [0.2, 0.25) is 0 Å². The van der Waals surface area contributed by atoms with E-state index in [1.165, 1.54) is 238 Å². The Morgan fingerprint density at radius 1 is 0.426 bits per heavy atom. The molecule has 0 aliphatic carbocycles. The number of ether oxygens (including phenoxy) is 2. The van der Waals surface area contributed by atoms with Gasteiger partial charge in [-0.1, -0.05) is 244 Å². The average Bonchev–Trinajstić information content (AvgIpc) is 3.18. The molecular formula is C50H98O4. The topological polar surface area (TPSA) is 55.8 Å². The Morgan fingerprint density at radius 2 is 0.722 bits per heavy atom. The van der Waals surface area contributed by atoms with Gasteiger partial charge in [-0.15, -0.1) is 0 Å². The van der Waals surface area contributed by atoms with Gasteiger partial charge in [-0.25, -0.2) is 0 Å². The molecule has 54 heavy (non-hydrogen) atoms. The summed E-state index contributed by atoms with van der Waals surface area (Å²) in [5.74, 6) is -0.194. The first-order valence-corrected chi connectivity index (χ1v) is 24.8. The molecule has 0 rings (SSSR count). The number of carbonyl (C=O) groups excluding carboxylic acids is 1. The van der Waals surface area contributed by atoms with Crippen molar-refractivity contribution in [3.8, 4) is 0 Å². The van der Waals surface area contributed by atoms with Crippen LogP contribution in [0, 0.1) is 0 Å². The van der Waals surface area contributed by atoms with Crippen LogP contribution in [0.15, 0.2) is 12.2 Å². The number of hydrogen-bond acceptors (Lipinski definition) is 4. The van der Waals surface area contributed by atoms with Gasteiger partial charge in [0.1, 0.15) is 6.10 Å². The fraction of sp³-hybridized carbons (Fsp3) is 0.940. The molecule has 0 saturated heterocycles. The molecule has 0 aromatic carbocycles. The smallest absolute Gasteiger partial charge is 0.306 e. The van der Waals surface area contributed by atoms with E-state index in [-0.39, 0.29) is 12.6 Å². The third kappa shape index (κ3) is 45.5. The van der Waals surface area contributed by atoms with E-state index in [4.69, 9.17) is 9.47 Å². The predicted molar refractivity (Wildman–Crippen MR) is 238 cm³/mol. The monoisotopic (exact) mass is 763 g/mol. The summed E-state index contributed by atoms with van der Waals surface area (Å²) in [5, 5.41) is 9.64. The molecular weight excluding hydrogens is 665 g/mol. The summed E-state index contributed by atoms with van der Waals surface area (Å²) in [4.78, 5) is 12.3. The molecule has 0 bridgehead atoms. The maximum absolute atomic E-state index is 12.3. The Labute approximate surface area is 339 Å². The van der Waals surface area contributed by atoms with E-state index in [0.717, 1.165) is 19.3 Å². The first-order chi connectivity index (χ1) is 26.7. The minimum atomic E-state index is -0.529. The Bertz CT molecular complexity index is 721. The van der Waals surface area contributed by atoms with Gasteiger partial charge in [-0.2, -0.15) is 0 Å². The highest BCUT2D eigenvalue weighted by molar-refractivity contribution is 5.69. The molecule has 1 N–H and O–H groups in total. The van der Waals surface area contributed by atoms with Crippen LogP contribution < -0.4 is 0 Å². The Balaban J connectivity index is 3.35. The quantitative estimate of drug-likeness (QED) is 0.0381. The lowest BCUT2D eigenvalue weighted by molar-refractivity contribution is -0.154. The third-order valence-corrected chi connectivity index (χ3v) is 11.3. The molecule has 0 aliphatic rings. The van der Waals surface area contributed by atoms with E-state index >= 15 is 0 Å². The highest BCUT2D eigenvalue weighted by atomic mass is 16.6. The molecule has 0 amide bonds. The van der Waals surface area contributed by atoms with Gasteiger partial charge in [-0.05, 0) is 38.5 Å². The summed E-state index contributed by atoms with van der Waals surface area (Å²) < 4.78 is 11.2. The van der Waals surface area contributed by atoms with Crippen LogP contribution in [0.2, 0.25) is 0 Å². The zero-order chi connectivity index (χ0) is 39.1. The summed E-state index contributed by atoms with van der Waals surface area (Å²) in [6.45, 7) is 5.40. The Hall–Kier alpha value is -0.870. The van der Waals surface area contributed by atoms with Crippen LogP contribution in [0.4, 0.5) is 0 Å². The van der Waals surface area contributed by atoms with Gasteiger partial charge >= 0.3 is 5.97 Å². The van der Waals surface area contributed by atoms with Crippen molar-refractivity contribution >= 4 is 5.97 Å². The molecule has 0 aromatic heterocycles. The van der Waals surface area contributed by atoms with Crippen LogP contribution in [-0.2, 0) is 14.3 Å². The lowest BCUT2D eigenvalue weighted by Crippen LogP contribution is -2.27. The van der Waals surface area contributed by atoms with E-state index in [9.17, 15) is 9.90 Å². The molecule has 4 heteroatoms. The normalized spacial score (nSPS) is 12.3. The maximum atomic E-state index is 12.3. The summed E-state index contributed by atoms with van der Waals surface area (Å²) in [6, 6.07) is 0. The van der Waals surface area contributed by atoms with Gasteiger partial charge in [0.25, 0.3) is 0 Å². The Morgan fingerprint density at radius 3 is 1.06 bits per heavy atom. The summed E-state index contributed by atoms with van der Waals surface area (Å²) in [6.07, 6.45) is 58.7. The standard InChI is InChI=1S/C50H98O4/c1-3-5-7-9-11-13-15-17-19-21-23-24-25-26-27-29-31-33-35-37-39-41-43-45-50(52)54-49(47-51)48-53-46-44-42-40-38-36-34-32-30-28-22-20-18-16-14-12-10-8-6-4-2/h21,23,49,51H,3-20,22,24-48H2,1-2H3/b23-21-. The fourth-order valence-corrected chi connectivity index (χ4v) is 7.62. The first-order valence-electron chi connectivity index (χ1n) is 24.8. The van der Waals surface area contributed by atoms with Crippen molar-refractivity contribution in [3.63, 3.8) is 0 Å². The van der Waals surface area contributed by atoms with Crippen molar-refractivity contribution in [2.75, 3.05) is 19.8 Å². The number of esters is 1. The number of allylic oxidation sites excluding steroid dienone is 2. The molecule has 1 unspecified atom stereocenters. The first kappa shape index (κ1) is 53.1. The van der Waals surface area contributed by atoms with Crippen LogP contribution in [0.25, 0.3) is 0 Å². The van der Waals surface area contributed by atoms with Crippen molar-refractivity contribution in [3.05, 3.63) is 12.2 Å². The van der Waals surface area contributed by atoms with Crippen molar-refractivity contribution < 1.29 is 19.4 Å². The van der Waals surface area contributed by atoms with E-state index in [0.29, 0.717) is 19.6 Å². The third-order valence-electron chi connectivity index (χ3n) is 11.3. The van der Waals surface area contributed by atoms with E-state index in [1.54, 1.807) is 0 Å². The number of hydrogen-bond donors (Lipinski definition) is 1. The van der Waals surface area contributed by atoms with Crippen molar-refractivity contribution in [1.29, 1.82) is 0 Å². The van der Waals surface area contributed by atoms with Crippen LogP contribution in [-0.4, -0.2) is 37.0 Å². The lowest BCUT2D eigenvalue weighted by atomic mass is 10.0. The molecule has 0 aliphatic heterocycles. The Kier molecular flexibility index (Phi) is 47.5.